The summed E-state index contributed by atoms with van der Waals surface area (Å²) in [5.41, 5.74) is 5.55. The average molecular weight is 254 g/mol. The minimum Gasteiger partial charge on any atom is -0.481 e. The number of nitrogens with zero attached hydrogens (tertiary/aromatic N) is 1. The summed E-state index contributed by atoms with van der Waals surface area (Å²) < 4.78 is 0. The number of nitrogens with two attached hydrogens (primary N) is 1. The van der Waals surface area contributed by atoms with Gasteiger partial charge in [0.2, 0.25) is 5.91 Å². The summed E-state index contributed by atoms with van der Waals surface area (Å²) in [6.45, 7) is 4.69. The molecule has 1 amide bonds. The van der Waals surface area contributed by atoms with Gasteiger partial charge in [0.05, 0.1) is 11.3 Å². The Morgan fingerprint density at radius 2 is 2.06 bits per heavy atom. The van der Waals surface area contributed by atoms with E-state index in [9.17, 15) is 9.59 Å². The first-order valence-electron chi connectivity index (χ1n) is 6.64. The number of rotatable bonds is 2. The van der Waals surface area contributed by atoms with Crippen molar-refractivity contribution in [1.29, 1.82) is 0 Å². The van der Waals surface area contributed by atoms with E-state index in [4.69, 9.17) is 10.8 Å². The first kappa shape index (κ1) is 13.3. The van der Waals surface area contributed by atoms with Crippen LogP contribution in [0.3, 0.4) is 0 Å². The molecule has 1 saturated heterocycles. The second-order valence-corrected chi connectivity index (χ2v) is 6.05. The van der Waals surface area contributed by atoms with Gasteiger partial charge in [-0.3, -0.25) is 9.59 Å². The predicted molar refractivity (Wildman–Crippen MR) is 66.8 cm³/mol. The van der Waals surface area contributed by atoms with Crippen LogP contribution in [0.15, 0.2) is 0 Å². The molecule has 3 N–H and O–H groups in total. The van der Waals surface area contributed by atoms with Crippen LogP contribution in [0.5, 0.6) is 0 Å². The minimum absolute atomic E-state index is 0.0210. The molecule has 0 spiro atoms. The number of carboxylic acids is 1. The van der Waals surface area contributed by atoms with Crippen LogP contribution in [-0.4, -0.2) is 41.0 Å². The highest BCUT2D eigenvalue weighted by atomic mass is 16.4. The molecular weight excluding hydrogens is 232 g/mol. The van der Waals surface area contributed by atoms with Gasteiger partial charge in [-0.05, 0) is 25.7 Å². The number of carboxylic acid groups (broad SMARTS) is 1. The molecule has 2 rings (SSSR count). The number of likely N-dealkylation sites (tertiary alicyclic amines) is 1. The topological polar surface area (TPSA) is 83.6 Å². The molecule has 0 aromatic carbocycles. The van der Waals surface area contributed by atoms with Gasteiger partial charge in [0.15, 0.2) is 0 Å². The number of carbonyl (C=O) groups is 2. The van der Waals surface area contributed by atoms with Crippen LogP contribution in [0.4, 0.5) is 0 Å². The molecule has 1 aliphatic carbocycles. The first-order chi connectivity index (χ1) is 8.36. The van der Waals surface area contributed by atoms with E-state index in [0.29, 0.717) is 13.1 Å². The fourth-order valence-corrected chi connectivity index (χ4v) is 3.27. The number of hydrogen-bond donors (Lipinski definition) is 2. The van der Waals surface area contributed by atoms with Gasteiger partial charge in [-0.15, -0.1) is 0 Å². The second-order valence-electron chi connectivity index (χ2n) is 6.05. The van der Waals surface area contributed by atoms with Crippen molar-refractivity contribution in [2.75, 3.05) is 13.1 Å². The van der Waals surface area contributed by atoms with Crippen LogP contribution >= 0.6 is 0 Å². The summed E-state index contributed by atoms with van der Waals surface area (Å²) >= 11 is 0. The van der Waals surface area contributed by atoms with Gasteiger partial charge in [-0.1, -0.05) is 13.3 Å². The molecule has 0 bridgehead atoms. The molecule has 0 radical (unpaired) electrons. The lowest BCUT2D eigenvalue weighted by atomic mass is 9.83. The van der Waals surface area contributed by atoms with Gasteiger partial charge in [-0.25, -0.2) is 0 Å². The van der Waals surface area contributed by atoms with Gasteiger partial charge in [0, 0.05) is 19.1 Å². The third-order valence-corrected chi connectivity index (χ3v) is 4.73. The van der Waals surface area contributed by atoms with Crippen molar-refractivity contribution in [3.05, 3.63) is 0 Å². The Kier molecular flexibility index (Phi) is 3.36. The number of amides is 1. The standard InChI is InChI=1S/C13H22N2O3/c1-8-6-15(7-9(8)11(16)17)12(18)13(2)5-3-4-10(13)14/h8-10H,3-7,14H2,1-2H3,(H,16,17)/t8-,9-,10?,13?/m1/s1. The molecule has 0 aromatic heterocycles. The largest absolute Gasteiger partial charge is 0.481 e. The summed E-state index contributed by atoms with van der Waals surface area (Å²) in [5, 5.41) is 9.10. The van der Waals surface area contributed by atoms with Gasteiger partial charge < -0.3 is 15.7 Å². The Morgan fingerprint density at radius 3 is 2.50 bits per heavy atom. The van der Waals surface area contributed by atoms with Crippen molar-refractivity contribution in [3.8, 4) is 0 Å². The van der Waals surface area contributed by atoms with Crippen molar-refractivity contribution in [3.63, 3.8) is 0 Å². The summed E-state index contributed by atoms with van der Waals surface area (Å²) in [4.78, 5) is 25.3. The maximum absolute atomic E-state index is 12.5. The average Bonchev–Trinajstić information content (AvgIpc) is 2.83. The molecule has 102 valence electrons. The summed E-state index contributed by atoms with van der Waals surface area (Å²) in [7, 11) is 0. The maximum atomic E-state index is 12.5. The molecule has 5 heteroatoms. The van der Waals surface area contributed by atoms with Gasteiger partial charge in [0.1, 0.15) is 0 Å². The number of carbonyl (C=O) groups excluding carboxylic acids is 1. The van der Waals surface area contributed by atoms with E-state index < -0.39 is 17.3 Å². The van der Waals surface area contributed by atoms with Crippen LogP contribution < -0.4 is 5.73 Å². The SMILES string of the molecule is C[C@@H]1CN(C(=O)C2(C)CCCC2N)C[C@H]1C(=O)O. The smallest absolute Gasteiger partial charge is 0.308 e. The first-order valence-corrected chi connectivity index (χ1v) is 6.64. The lowest BCUT2D eigenvalue weighted by molar-refractivity contribution is -0.143. The van der Waals surface area contributed by atoms with Crippen molar-refractivity contribution in [2.24, 2.45) is 23.0 Å². The van der Waals surface area contributed by atoms with E-state index in [2.05, 4.69) is 0 Å². The lowest BCUT2D eigenvalue weighted by Gasteiger charge is -2.32. The van der Waals surface area contributed by atoms with E-state index in [0.717, 1.165) is 19.3 Å². The Bertz CT molecular complexity index is 371. The third kappa shape index (κ3) is 2.00. The molecule has 2 fully saturated rings. The van der Waals surface area contributed by atoms with Crippen LogP contribution in [0.2, 0.25) is 0 Å². The van der Waals surface area contributed by atoms with Gasteiger partial charge in [0.25, 0.3) is 0 Å². The molecular formula is C13H22N2O3. The predicted octanol–water partition coefficient (Wildman–Crippen LogP) is 0.683. The molecule has 18 heavy (non-hydrogen) atoms. The van der Waals surface area contributed by atoms with Crippen molar-refractivity contribution >= 4 is 11.9 Å². The summed E-state index contributed by atoms with van der Waals surface area (Å²) in [6, 6.07) is -0.0933. The number of hydrogen-bond acceptors (Lipinski definition) is 3. The zero-order chi connectivity index (χ0) is 13.5. The van der Waals surface area contributed by atoms with Crippen LogP contribution in [-0.2, 0) is 9.59 Å². The van der Waals surface area contributed by atoms with Crippen molar-refractivity contribution in [2.45, 2.75) is 39.2 Å². The van der Waals surface area contributed by atoms with E-state index in [-0.39, 0.29) is 17.9 Å². The Morgan fingerprint density at radius 1 is 1.39 bits per heavy atom. The molecule has 1 aliphatic heterocycles. The highest BCUT2D eigenvalue weighted by Gasteiger charge is 2.48. The summed E-state index contributed by atoms with van der Waals surface area (Å²) in [6.07, 6.45) is 2.68. The molecule has 1 saturated carbocycles. The van der Waals surface area contributed by atoms with E-state index >= 15 is 0 Å². The Hall–Kier alpha value is -1.10. The zero-order valence-corrected chi connectivity index (χ0v) is 11.1. The molecule has 0 aromatic rings. The van der Waals surface area contributed by atoms with Crippen molar-refractivity contribution in [1.82, 2.24) is 4.90 Å². The van der Waals surface area contributed by atoms with E-state index in [1.54, 1.807) is 4.90 Å². The molecule has 2 unspecified atom stereocenters. The van der Waals surface area contributed by atoms with E-state index in [1.807, 2.05) is 13.8 Å². The quantitative estimate of drug-likeness (QED) is 0.759. The number of aliphatic carboxylic acids is 1. The summed E-state index contributed by atoms with van der Waals surface area (Å²) in [5.74, 6) is -1.18. The second kappa shape index (κ2) is 4.53. The van der Waals surface area contributed by atoms with Gasteiger partial charge in [-0.2, -0.15) is 0 Å². The lowest BCUT2D eigenvalue weighted by Crippen LogP contribution is -2.48. The monoisotopic (exact) mass is 254 g/mol. The normalized spacial score (nSPS) is 40.2. The molecule has 5 nitrogen and oxygen atoms in total. The minimum atomic E-state index is -0.807. The fourth-order valence-electron chi connectivity index (χ4n) is 3.27. The Labute approximate surface area is 107 Å². The fraction of sp³-hybridized carbons (Fsp3) is 0.846. The van der Waals surface area contributed by atoms with Crippen LogP contribution in [0, 0.1) is 17.3 Å². The Balaban J connectivity index is 2.10. The van der Waals surface area contributed by atoms with Crippen LogP contribution in [0.1, 0.15) is 33.1 Å². The van der Waals surface area contributed by atoms with Crippen molar-refractivity contribution < 1.29 is 14.7 Å². The highest BCUT2D eigenvalue weighted by molar-refractivity contribution is 5.85. The van der Waals surface area contributed by atoms with E-state index in [1.165, 1.54) is 0 Å². The molecule has 1 heterocycles. The van der Waals surface area contributed by atoms with Crippen LogP contribution in [0.25, 0.3) is 0 Å². The highest BCUT2D eigenvalue weighted by Crippen LogP contribution is 2.40. The zero-order valence-electron chi connectivity index (χ0n) is 11.1. The molecule has 2 aliphatic rings. The maximum Gasteiger partial charge on any atom is 0.308 e. The van der Waals surface area contributed by atoms with Gasteiger partial charge >= 0.3 is 5.97 Å². The third-order valence-electron chi connectivity index (χ3n) is 4.73. The molecule has 4 atom stereocenters.